The molecule has 1 saturated heterocycles. The largest absolute Gasteiger partial charge is 0.469 e. The molecule has 1 aliphatic rings. The second kappa shape index (κ2) is 7.04. The summed E-state index contributed by atoms with van der Waals surface area (Å²) in [5, 5.41) is 0. The molecule has 5 heteroatoms. The van der Waals surface area contributed by atoms with E-state index in [1.165, 1.54) is 12.0 Å². The summed E-state index contributed by atoms with van der Waals surface area (Å²) in [6.45, 7) is 0.583. The maximum Gasteiger partial charge on any atom is 0.305 e. The number of β-lactam (4-membered cyclic amide) rings is 1. The summed E-state index contributed by atoms with van der Waals surface area (Å²) in [6, 6.07) is 0. The topological polar surface area (TPSA) is 63.7 Å². The van der Waals surface area contributed by atoms with E-state index >= 15 is 0 Å². The number of ether oxygens (including phenoxy) is 1. The summed E-state index contributed by atoms with van der Waals surface area (Å²) in [7, 11) is 1.38. The predicted molar refractivity (Wildman–Crippen MR) is 61.1 cm³/mol. The summed E-state index contributed by atoms with van der Waals surface area (Å²) in [5.74, 6) is -0.304. The van der Waals surface area contributed by atoms with Gasteiger partial charge in [-0.3, -0.25) is 19.3 Å². The van der Waals surface area contributed by atoms with Gasteiger partial charge in [-0.2, -0.15) is 0 Å². The Hall–Kier alpha value is -1.39. The van der Waals surface area contributed by atoms with Gasteiger partial charge in [0, 0.05) is 25.8 Å². The number of hydrogen-bond donors (Lipinski definition) is 0. The van der Waals surface area contributed by atoms with Gasteiger partial charge in [0.25, 0.3) is 0 Å². The van der Waals surface area contributed by atoms with Gasteiger partial charge < -0.3 is 4.74 Å². The highest BCUT2D eigenvalue weighted by atomic mass is 16.5. The van der Waals surface area contributed by atoms with E-state index in [1.54, 1.807) is 0 Å². The molecule has 0 aromatic carbocycles. The van der Waals surface area contributed by atoms with Crippen molar-refractivity contribution >= 4 is 17.8 Å². The molecule has 0 N–H and O–H groups in total. The van der Waals surface area contributed by atoms with E-state index in [0.29, 0.717) is 25.8 Å². The Morgan fingerprint density at radius 2 is 1.82 bits per heavy atom. The van der Waals surface area contributed by atoms with E-state index in [-0.39, 0.29) is 17.8 Å². The van der Waals surface area contributed by atoms with Gasteiger partial charge in [-0.25, -0.2) is 0 Å². The lowest BCUT2D eigenvalue weighted by atomic mass is 10.1. The molecule has 1 heterocycles. The zero-order valence-electron chi connectivity index (χ0n) is 10.2. The quantitative estimate of drug-likeness (QED) is 0.382. The zero-order valence-corrected chi connectivity index (χ0v) is 10.2. The lowest BCUT2D eigenvalue weighted by Crippen LogP contribution is -2.47. The summed E-state index contributed by atoms with van der Waals surface area (Å²) < 4.78 is 4.52. The first-order chi connectivity index (χ1) is 8.15. The van der Waals surface area contributed by atoms with Crippen LogP contribution in [0.2, 0.25) is 0 Å². The van der Waals surface area contributed by atoms with Crippen LogP contribution in [0.4, 0.5) is 0 Å². The molecule has 5 nitrogen and oxygen atoms in total. The van der Waals surface area contributed by atoms with Crippen LogP contribution in [0.1, 0.15) is 44.9 Å². The van der Waals surface area contributed by atoms with E-state index in [2.05, 4.69) is 4.74 Å². The van der Waals surface area contributed by atoms with Crippen molar-refractivity contribution < 1.29 is 19.1 Å². The number of carbonyl (C=O) groups excluding carboxylic acids is 3. The molecule has 0 aliphatic carbocycles. The third kappa shape index (κ3) is 4.54. The molecule has 0 saturated carbocycles. The van der Waals surface area contributed by atoms with Crippen LogP contribution >= 0.6 is 0 Å². The number of nitrogens with zero attached hydrogens (tertiary/aromatic N) is 1. The molecule has 1 aliphatic heterocycles. The maximum atomic E-state index is 11.5. The Morgan fingerprint density at radius 3 is 2.29 bits per heavy atom. The molecule has 2 amide bonds. The lowest BCUT2D eigenvalue weighted by Gasteiger charge is -2.28. The SMILES string of the molecule is COC(=O)CCCCCCC(=O)N1CCC1=O. The van der Waals surface area contributed by atoms with Crippen molar-refractivity contribution in [3.63, 3.8) is 0 Å². The van der Waals surface area contributed by atoms with Crippen LogP contribution in [0, 0.1) is 0 Å². The van der Waals surface area contributed by atoms with Crippen LogP contribution in [-0.4, -0.2) is 36.3 Å². The van der Waals surface area contributed by atoms with Crippen LogP contribution in [-0.2, 0) is 19.1 Å². The van der Waals surface area contributed by atoms with Gasteiger partial charge in [0.05, 0.1) is 7.11 Å². The minimum absolute atomic E-state index is 0.0549. The molecule has 0 atom stereocenters. The average Bonchev–Trinajstić information content (AvgIpc) is 2.31. The van der Waals surface area contributed by atoms with Crippen LogP contribution in [0.15, 0.2) is 0 Å². The van der Waals surface area contributed by atoms with E-state index in [9.17, 15) is 14.4 Å². The molecular weight excluding hydrogens is 222 g/mol. The predicted octanol–water partition coefficient (Wildman–Crippen LogP) is 1.26. The molecule has 17 heavy (non-hydrogen) atoms. The number of esters is 1. The van der Waals surface area contributed by atoms with Crippen molar-refractivity contribution in [2.24, 2.45) is 0 Å². The summed E-state index contributed by atoms with van der Waals surface area (Å²) >= 11 is 0. The molecule has 0 aromatic rings. The number of carbonyl (C=O) groups is 3. The molecular formula is C12H19NO4. The third-order valence-electron chi connectivity index (χ3n) is 2.90. The van der Waals surface area contributed by atoms with E-state index in [1.807, 2.05) is 0 Å². The third-order valence-corrected chi connectivity index (χ3v) is 2.90. The Kier molecular flexibility index (Phi) is 5.66. The highest BCUT2D eigenvalue weighted by Gasteiger charge is 2.28. The lowest BCUT2D eigenvalue weighted by molar-refractivity contribution is -0.152. The van der Waals surface area contributed by atoms with Crippen LogP contribution in [0.5, 0.6) is 0 Å². The van der Waals surface area contributed by atoms with Crippen molar-refractivity contribution in [1.29, 1.82) is 0 Å². The highest BCUT2D eigenvalue weighted by Crippen LogP contribution is 2.13. The smallest absolute Gasteiger partial charge is 0.305 e. The van der Waals surface area contributed by atoms with Crippen molar-refractivity contribution in [1.82, 2.24) is 4.90 Å². The Labute approximate surface area is 101 Å². The number of hydrogen-bond acceptors (Lipinski definition) is 4. The number of unbranched alkanes of at least 4 members (excludes halogenated alkanes) is 3. The van der Waals surface area contributed by atoms with E-state index in [0.717, 1.165) is 25.7 Å². The first-order valence-corrected chi connectivity index (χ1v) is 6.05. The van der Waals surface area contributed by atoms with Gasteiger partial charge in [-0.05, 0) is 12.8 Å². The fraction of sp³-hybridized carbons (Fsp3) is 0.750. The van der Waals surface area contributed by atoms with Crippen molar-refractivity contribution in [2.75, 3.05) is 13.7 Å². The second-order valence-electron chi connectivity index (χ2n) is 4.18. The van der Waals surface area contributed by atoms with E-state index in [4.69, 9.17) is 0 Å². The van der Waals surface area contributed by atoms with Gasteiger partial charge in [0.1, 0.15) is 0 Å². The molecule has 0 bridgehead atoms. The monoisotopic (exact) mass is 241 g/mol. The Bertz CT molecular complexity index is 301. The molecule has 1 fully saturated rings. The number of rotatable bonds is 7. The molecule has 96 valence electrons. The number of amides is 2. The summed E-state index contributed by atoms with van der Waals surface area (Å²) in [4.78, 5) is 34.5. The van der Waals surface area contributed by atoms with Gasteiger partial charge >= 0.3 is 5.97 Å². The Balaban J connectivity index is 1.95. The van der Waals surface area contributed by atoms with Crippen molar-refractivity contribution in [3.05, 3.63) is 0 Å². The Morgan fingerprint density at radius 1 is 1.18 bits per heavy atom. The zero-order chi connectivity index (χ0) is 12.7. The summed E-state index contributed by atoms with van der Waals surface area (Å²) in [5.41, 5.74) is 0. The van der Waals surface area contributed by atoms with Gasteiger partial charge in [0.15, 0.2) is 0 Å². The van der Waals surface area contributed by atoms with Crippen LogP contribution in [0.25, 0.3) is 0 Å². The molecule has 0 unspecified atom stereocenters. The normalized spacial score (nSPS) is 14.4. The fourth-order valence-corrected chi connectivity index (χ4v) is 1.71. The van der Waals surface area contributed by atoms with Crippen LogP contribution in [0.3, 0.4) is 0 Å². The van der Waals surface area contributed by atoms with Gasteiger partial charge in [0.2, 0.25) is 11.8 Å². The van der Waals surface area contributed by atoms with E-state index < -0.39 is 0 Å². The van der Waals surface area contributed by atoms with Gasteiger partial charge in [-0.1, -0.05) is 12.8 Å². The van der Waals surface area contributed by atoms with Gasteiger partial charge in [-0.15, -0.1) is 0 Å². The second-order valence-corrected chi connectivity index (χ2v) is 4.18. The van der Waals surface area contributed by atoms with Crippen molar-refractivity contribution in [2.45, 2.75) is 44.9 Å². The number of imide groups is 1. The van der Waals surface area contributed by atoms with Crippen LogP contribution < -0.4 is 0 Å². The highest BCUT2D eigenvalue weighted by molar-refractivity contribution is 5.99. The first kappa shape index (κ1) is 13.7. The molecule has 1 rings (SSSR count). The maximum absolute atomic E-state index is 11.5. The standard InChI is InChI=1S/C12H19NO4/c1-17-12(16)7-5-3-2-4-6-10(14)13-9-8-11(13)15/h2-9H2,1H3. The minimum Gasteiger partial charge on any atom is -0.469 e. The summed E-state index contributed by atoms with van der Waals surface area (Å²) in [6.07, 6.45) is 4.78. The molecule has 0 spiro atoms. The number of likely N-dealkylation sites (tertiary alicyclic amines) is 1. The number of methoxy groups -OCH3 is 1. The molecule has 0 radical (unpaired) electrons. The van der Waals surface area contributed by atoms with Crippen molar-refractivity contribution in [3.8, 4) is 0 Å². The first-order valence-electron chi connectivity index (χ1n) is 6.05. The minimum atomic E-state index is -0.188. The average molecular weight is 241 g/mol. The fourth-order valence-electron chi connectivity index (χ4n) is 1.71. The molecule has 0 aromatic heterocycles.